The summed E-state index contributed by atoms with van der Waals surface area (Å²) in [6.07, 6.45) is 1.41. The zero-order valence-electron chi connectivity index (χ0n) is 11.6. The number of hydrogen-bond donors (Lipinski definition) is 2. The van der Waals surface area contributed by atoms with E-state index < -0.39 is 5.41 Å². The molecule has 106 valence electrons. The number of hydrogen-bond acceptors (Lipinski definition) is 3. The van der Waals surface area contributed by atoms with Gasteiger partial charge in [0.2, 0.25) is 5.91 Å². The Morgan fingerprint density at radius 3 is 2.53 bits per heavy atom. The van der Waals surface area contributed by atoms with Gasteiger partial charge < -0.3 is 15.8 Å². The van der Waals surface area contributed by atoms with Crippen LogP contribution in [0.2, 0.25) is 5.02 Å². The van der Waals surface area contributed by atoms with E-state index in [0.29, 0.717) is 35.8 Å². The van der Waals surface area contributed by atoms with Crippen LogP contribution in [0.5, 0.6) is 5.75 Å². The normalized spacial score (nSPS) is 11.2. The lowest BCUT2D eigenvalue weighted by Gasteiger charge is -2.28. The summed E-state index contributed by atoms with van der Waals surface area (Å²) in [5, 5.41) is 3.39. The van der Waals surface area contributed by atoms with Crippen molar-refractivity contribution in [1.82, 2.24) is 0 Å². The summed E-state index contributed by atoms with van der Waals surface area (Å²) in [4.78, 5) is 12.3. The fraction of sp³-hybridized carbons (Fsp3) is 0.500. The van der Waals surface area contributed by atoms with Crippen molar-refractivity contribution in [2.24, 2.45) is 11.1 Å². The Kier molecular flexibility index (Phi) is 5.63. The van der Waals surface area contributed by atoms with Gasteiger partial charge in [-0.15, -0.1) is 0 Å². The van der Waals surface area contributed by atoms with Crippen molar-refractivity contribution < 1.29 is 9.53 Å². The fourth-order valence-electron chi connectivity index (χ4n) is 1.95. The summed E-state index contributed by atoms with van der Waals surface area (Å²) < 4.78 is 5.12. The summed E-state index contributed by atoms with van der Waals surface area (Å²) in [5.41, 5.74) is 5.89. The molecule has 5 heteroatoms. The Balaban J connectivity index is 2.93. The molecule has 1 aromatic rings. The zero-order chi connectivity index (χ0) is 14.5. The Bertz CT molecular complexity index is 437. The molecule has 0 saturated carbocycles. The van der Waals surface area contributed by atoms with Gasteiger partial charge in [-0.25, -0.2) is 0 Å². The predicted molar refractivity (Wildman–Crippen MR) is 78.7 cm³/mol. The van der Waals surface area contributed by atoms with Crippen molar-refractivity contribution in [3.05, 3.63) is 23.2 Å². The monoisotopic (exact) mass is 284 g/mol. The van der Waals surface area contributed by atoms with Crippen molar-refractivity contribution in [1.29, 1.82) is 0 Å². The van der Waals surface area contributed by atoms with E-state index in [1.165, 1.54) is 7.11 Å². The van der Waals surface area contributed by atoms with Gasteiger partial charge in [-0.05, 0) is 25.0 Å². The number of carbonyl (C=O) groups is 1. The number of carbonyl (C=O) groups excluding carboxylic acids is 1. The average molecular weight is 285 g/mol. The molecule has 0 fully saturated rings. The SMILES string of the molecule is CCC(CC)(CN)C(=O)Nc1ccc(Cl)c(OC)c1. The molecule has 0 aliphatic carbocycles. The third-order valence-corrected chi connectivity index (χ3v) is 3.95. The van der Waals surface area contributed by atoms with E-state index in [4.69, 9.17) is 22.1 Å². The smallest absolute Gasteiger partial charge is 0.231 e. The molecule has 0 radical (unpaired) electrons. The number of rotatable bonds is 6. The second-order valence-corrected chi connectivity index (χ2v) is 4.90. The molecule has 0 spiro atoms. The van der Waals surface area contributed by atoms with Gasteiger partial charge in [-0.3, -0.25) is 4.79 Å². The van der Waals surface area contributed by atoms with Gasteiger partial charge in [0.1, 0.15) is 5.75 Å². The highest BCUT2D eigenvalue weighted by Crippen LogP contribution is 2.30. The molecule has 0 aliphatic rings. The quantitative estimate of drug-likeness (QED) is 0.844. The first-order chi connectivity index (χ1) is 9.02. The number of amides is 1. The maximum absolute atomic E-state index is 12.3. The number of methoxy groups -OCH3 is 1. The molecule has 0 aliphatic heterocycles. The number of nitrogens with one attached hydrogen (secondary N) is 1. The lowest BCUT2D eigenvalue weighted by atomic mass is 9.81. The standard InChI is InChI=1S/C14H21ClN2O2/c1-4-14(5-2,9-16)13(18)17-10-6-7-11(15)12(8-10)19-3/h6-8H,4-5,9,16H2,1-3H3,(H,17,18). The van der Waals surface area contributed by atoms with Gasteiger partial charge in [-0.2, -0.15) is 0 Å². The van der Waals surface area contributed by atoms with E-state index in [0.717, 1.165) is 0 Å². The van der Waals surface area contributed by atoms with Crippen LogP contribution < -0.4 is 15.8 Å². The molecule has 0 bridgehead atoms. The van der Waals surface area contributed by atoms with Gasteiger partial charge in [0.15, 0.2) is 0 Å². The first-order valence-corrected chi connectivity index (χ1v) is 6.75. The second-order valence-electron chi connectivity index (χ2n) is 4.50. The molecule has 19 heavy (non-hydrogen) atoms. The number of ether oxygens (including phenoxy) is 1. The minimum absolute atomic E-state index is 0.0654. The van der Waals surface area contributed by atoms with Crippen LogP contribution in [0.3, 0.4) is 0 Å². The highest BCUT2D eigenvalue weighted by atomic mass is 35.5. The third-order valence-electron chi connectivity index (χ3n) is 3.63. The molecule has 0 saturated heterocycles. The van der Waals surface area contributed by atoms with E-state index in [2.05, 4.69) is 5.32 Å². The van der Waals surface area contributed by atoms with Gasteiger partial charge in [-0.1, -0.05) is 25.4 Å². The van der Waals surface area contributed by atoms with E-state index in [1.54, 1.807) is 18.2 Å². The van der Waals surface area contributed by atoms with Crippen molar-refractivity contribution >= 4 is 23.2 Å². The van der Waals surface area contributed by atoms with Crippen LogP contribution in [0.25, 0.3) is 0 Å². The first-order valence-electron chi connectivity index (χ1n) is 6.38. The largest absolute Gasteiger partial charge is 0.495 e. The Labute approximate surface area is 119 Å². The summed E-state index contributed by atoms with van der Waals surface area (Å²) in [6, 6.07) is 5.14. The molecule has 1 rings (SSSR count). The summed E-state index contributed by atoms with van der Waals surface area (Å²) in [5.74, 6) is 0.468. The number of anilines is 1. The van der Waals surface area contributed by atoms with Gasteiger partial charge >= 0.3 is 0 Å². The minimum Gasteiger partial charge on any atom is -0.495 e. The molecule has 0 aromatic heterocycles. The summed E-state index contributed by atoms with van der Waals surface area (Å²) in [7, 11) is 1.54. The second kappa shape index (κ2) is 6.78. The van der Waals surface area contributed by atoms with Crippen LogP contribution >= 0.6 is 11.6 Å². The molecule has 0 atom stereocenters. The number of halogens is 1. The molecular weight excluding hydrogens is 264 g/mol. The molecule has 1 aromatic carbocycles. The highest BCUT2D eigenvalue weighted by Gasteiger charge is 2.33. The predicted octanol–water partition coefficient (Wildman–Crippen LogP) is 3.05. The van der Waals surface area contributed by atoms with Crippen LogP contribution in [-0.2, 0) is 4.79 Å². The van der Waals surface area contributed by atoms with Gasteiger partial charge in [0.25, 0.3) is 0 Å². The van der Waals surface area contributed by atoms with Crippen LogP contribution in [-0.4, -0.2) is 19.6 Å². The highest BCUT2D eigenvalue weighted by molar-refractivity contribution is 6.32. The lowest BCUT2D eigenvalue weighted by Crippen LogP contribution is -2.41. The van der Waals surface area contributed by atoms with Crippen molar-refractivity contribution in [3.63, 3.8) is 0 Å². The fourth-order valence-corrected chi connectivity index (χ4v) is 2.15. The van der Waals surface area contributed by atoms with Crippen LogP contribution in [0, 0.1) is 5.41 Å². The van der Waals surface area contributed by atoms with Crippen molar-refractivity contribution in [3.8, 4) is 5.75 Å². The van der Waals surface area contributed by atoms with Crippen molar-refractivity contribution in [2.45, 2.75) is 26.7 Å². The van der Waals surface area contributed by atoms with Crippen LogP contribution in [0.15, 0.2) is 18.2 Å². The summed E-state index contributed by atoms with van der Waals surface area (Å²) in [6.45, 7) is 4.27. The van der Waals surface area contributed by atoms with Gasteiger partial charge in [0, 0.05) is 18.3 Å². The average Bonchev–Trinajstić information content (AvgIpc) is 2.43. The lowest BCUT2D eigenvalue weighted by molar-refractivity contribution is -0.125. The zero-order valence-corrected chi connectivity index (χ0v) is 12.4. The molecular formula is C14H21ClN2O2. The maximum atomic E-state index is 12.3. The maximum Gasteiger partial charge on any atom is 0.231 e. The molecule has 0 unspecified atom stereocenters. The van der Waals surface area contributed by atoms with Crippen molar-refractivity contribution in [2.75, 3.05) is 19.0 Å². The van der Waals surface area contributed by atoms with E-state index in [-0.39, 0.29) is 5.91 Å². The molecule has 1 amide bonds. The third kappa shape index (κ3) is 3.39. The molecule has 0 heterocycles. The topological polar surface area (TPSA) is 64.4 Å². The Hall–Kier alpha value is -1.26. The molecule has 4 nitrogen and oxygen atoms in total. The van der Waals surface area contributed by atoms with E-state index in [1.807, 2.05) is 13.8 Å². The summed E-state index contributed by atoms with van der Waals surface area (Å²) >= 11 is 5.95. The number of benzene rings is 1. The first kappa shape index (κ1) is 15.8. The van der Waals surface area contributed by atoms with Gasteiger partial charge in [0.05, 0.1) is 17.5 Å². The molecule has 3 N–H and O–H groups in total. The van der Waals surface area contributed by atoms with E-state index >= 15 is 0 Å². The Morgan fingerprint density at radius 2 is 2.05 bits per heavy atom. The number of nitrogens with two attached hydrogens (primary N) is 1. The van der Waals surface area contributed by atoms with Crippen LogP contribution in [0.4, 0.5) is 5.69 Å². The Morgan fingerprint density at radius 1 is 1.42 bits per heavy atom. The minimum atomic E-state index is -0.521. The van der Waals surface area contributed by atoms with E-state index in [9.17, 15) is 4.79 Å². The van der Waals surface area contributed by atoms with Crippen LogP contribution in [0.1, 0.15) is 26.7 Å².